The maximum absolute atomic E-state index is 11.8. The lowest BCUT2D eigenvalue weighted by molar-refractivity contribution is -0.121. The Kier molecular flexibility index (Phi) is 26.0. The van der Waals surface area contributed by atoms with Crippen LogP contribution in [0.2, 0.25) is 0 Å². The molecule has 2 N–H and O–H groups in total. The molecule has 0 radical (unpaired) electrons. The highest BCUT2D eigenvalue weighted by molar-refractivity contribution is 5.76. The van der Waals surface area contributed by atoms with E-state index in [9.17, 15) is 9.59 Å². The highest BCUT2D eigenvalue weighted by Gasteiger charge is 2.02. The summed E-state index contributed by atoms with van der Waals surface area (Å²) < 4.78 is 0. The number of carbonyl (C=O) groups excluding carboxylic acids is 2. The fraction of sp³-hybridized carbons (Fsp3) is 0.769. The molecule has 0 bridgehead atoms. The highest BCUT2D eigenvalue weighted by atomic mass is 16.2. The molecule has 0 aliphatic rings. The van der Waals surface area contributed by atoms with Crippen molar-refractivity contribution < 1.29 is 9.59 Å². The van der Waals surface area contributed by atoms with Crippen molar-refractivity contribution in [3.8, 4) is 0 Å². The van der Waals surface area contributed by atoms with Crippen molar-refractivity contribution in [2.75, 3.05) is 13.1 Å². The van der Waals surface area contributed by atoms with Crippen molar-refractivity contribution in [3.05, 3.63) is 25.3 Å². The first-order valence-electron chi connectivity index (χ1n) is 12.0. The van der Waals surface area contributed by atoms with Crippen molar-refractivity contribution in [2.24, 2.45) is 0 Å². The zero-order valence-corrected chi connectivity index (χ0v) is 18.8. The third-order valence-corrected chi connectivity index (χ3v) is 5.12. The standard InChI is InChI=1S/C25H46N2O2.CH4/c1-3-5-7-9-11-13-15-17-20-24(28)26-22-19-23-27-25(29)21-18-16-14-12-10-8-6-4-2;/h3-4H,1-2,5-23H2,(H,26,28)(H,27,29);1H4. The third-order valence-electron chi connectivity index (χ3n) is 5.12. The van der Waals surface area contributed by atoms with E-state index in [0.29, 0.717) is 25.9 Å². The summed E-state index contributed by atoms with van der Waals surface area (Å²) in [5, 5.41) is 5.90. The van der Waals surface area contributed by atoms with Gasteiger partial charge < -0.3 is 10.6 Å². The van der Waals surface area contributed by atoms with Crippen LogP contribution in [0, 0.1) is 0 Å². The third kappa shape index (κ3) is 24.5. The van der Waals surface area contributed by atoms with Crippen LogP contribution in [0.1, 0.15) is 117 Å². The van der Waals surface area contributed by atoms with Gasteiger partial charge in [0.05, 0.1) is 0 Å². The van der Waals surface area contributed by atoms with Gasteiger partial charge in [-0.25, -0.2) is 0 Å². The summed E-state index contributed by atoms with van der Waals surface area (Å²) in [5.74, 6) is 0.271. The van der Waals surface area contributed by atoms with E-state index in [4.69, 9.17) is 0 Å². The van der Waals surface area contributed by atoms with E-state index in [2.05, 4.69) is 23.8 Å². The lowest BCUT2D eigenvalue weighted by atomic mass is 10.1. The molecular weight excluding hydrogens is 372 g/mol. The Labute approximate surface area is 187 Å². The molecule has 30 heavy (non-hydrogen) atoms. The van der Waals surface area contributed by atoms with Crippen LogP contribution in [0.25, 0.3) is 0 Å². The van der Waals surface area contributed by atoms with Gasteiger partial charge >= 0.3 is 0 Å². The molecule has 4 nitrogen and oxygen atoms in total. The average Bonchev–Trinajstić information content (AvgIpc) is 2.71. The summed E-state index contributed by atoms with van der Waals surface area (Å²) in [6, 6.07) is 0. The SMILES string of the molecule is C.C=CCCCCCCCCC(=O)NCCCNC(=O)CCCCCCCCC=C. The molecule has 0 aromatic carbocycles. The largest absolute Gasteiger partial charge is 0.356 e. The number of rotatable bonds is 22. The van der Waals surface area contributed by atoms with E-state index in [1.165, 1.54) is 51.4 Å². The van der Waals surface area contributed by atoms with Gasteiger partial charge in [-0.2, -0.15) is 0 Å². The summed E-state index contributed by atoms with van der Waals surface area (Å²) in [5.41, 5.74) is 0. The monoisotopic (exact) mass is 422 g/mol. The van der Waals surface area contributed by atoms with Gasteiger partial charge in [-0.05, 0) is 44.9 Å². The second-order valence-electron chi connectivity index (χ2n) is 7.95. The van der Waals surface area contributed by atoms with Gasteiger partial charge in [0.2, 0.25) is 11.8 Å². The average molecular weight is 423 g/mol. The second-order valence-corrected chi connectivity index (χ2v) is 7.95. The quantitative estimate of drug-likeness (QED) is 0.148. The summed E-state index contributed by atoms with van der Waals surface area (Å²) in [6.45, 7) is 8.75. The van der Waals surface area contributed by atoms with Crippen LogP contribution < -0.4 is 10.6 Å². The number of unbranched alkanes of at least 4 members (excludes halogenated alkanes) is 12. The van der Waals surface area contributed by atoms with E-state index < -0.39 is 0 Å². The Balaban J connectivity index is 0. The smallest absolute Gasteiger partial charge is 0.219 e. The minimum absolute atomic E-state index is 0. The van der Waals surface area contributed by atoms with Crippen LogP contribution in [0.15, 0.2) is 25.3 Å². The molecule has 0 aliphatic carbocycles. The first-order valence-corrected chi connectivity index (χ1v) is 12.0. The van der Waals surface area contributed by atoms with E-state index in [0.717, 1.165) is 44.9 Å². The molecule has 0 aromatic heterocycles. The number of allylic oxidation sites excluding steroid dienone is 2. The Morgan fingerprint density at radius 2 is 0.867 bits per heavy atom. The van der Waals surface area contributed by atoms with Gasteiger partial charge in [-0.3, -0.25) is 9.59 Å². The Morgan fingerprint density at radius 1 is 0.533 bits per heavy atom. The molecule has 0 atom stereocenters. The van der Waals surface area contributed by atoms with E-state index in [-0.39, 0.29) is 19.2 Å². The normalized spacial score (nSPS) is 10.1. The van der Waals surface area contributed by atoms with Crippen molar-refractivity contribution in [3.63, 3.8) is 0 Å². The molecular formula is C26H50N2O2. The van der Waals surface area contributed by atoms with E-state index in [1.807, 2.05) is 12.2 Å². The molecule has 4 heteroatoms. The van der Waals surface area contributed by atoms with Crippen LogP contribution in [0.5, 0.6) is 0 Å². The van der Waals surface area contributed by atoms with Crippen LogP contribution in [0.4, 0.5) is 0 Å². The first kappa shape index (κ1) is 30.6. The minimum Gasteiger partial charge on any atom is -0.356 e. The molecule has 0 saturated heterocycles. The van der Waals surface area contributed by atoms with Gasteiger partial charge in [-0.15, -0.1) is 13.2 Å². The van der Waals surface area contributed by atoms with Crippen LogP contribution in [-0.4, -0.2) is 24.9 Å². The summed E-state index contributed by atoms with van der Waals surface area (Å²) in [6.07, 6.45) is 22.3. The Bertz CT molecular complexity index is 383. The molecule has 176 valence electrons. The fourth-order valence-electron chi connectivity index (χ4n) is 3.28. The lowest BCUT2D eigenvalue weighted by Gasteiger charge is -2.07. The first-order chi connectivity index (χ1) is 14.2. The molecule has 0 fully saturated rings. The number of carbonyl (C=O) groups is 2. The highest BCUT2D eigenvalue weighted by Crippen LogP contribution is 2.09. The zero-order chi connectivity index (χ0) is 21.4. The maximum Gasteiger partial charge on any atom is 0.219 e. The Morgan fingerprint density at radius 3 is 1.23 bits per heavy atom. The fourth-order valence-corrected chi connectivity index (χ4v) is 3.28. The predicted octanol–water partition coefficient (Wildman–Crippen LogP) is 6.86. The van der Waals surface area contributed by atoms with Crippen LogP contribution in [0.3, 0.4) is 0 Å². The molecule has 0 aromatic rings. The molecule has 2 amide bonds. The summed E-state index contributed by atoms with van der Waals surface area (Å²) in [7, 11) is 0. The topological polar surface area (TPSA) is 58.2 Å². The van der Waals surface area contributed by atoms with Gasteiger partial charge in [0.1, 0.15) is 0 Å². The minimum atomic E-state index is 0. The summed E-state index contributed by atoms with van der Waals surface area (Å²) >= 11 is 0. The van der Waals surface area contributed by atoms with E-state index in [1.54, 1.807) is 0 Å². The predicted molar refractivity (Wildman–Crippen MR) is 132 cm³/mol. The lowest BCUT2D eigenvalue weighted by Crippen LogP contribution is -2.29. The number of hydrogen-bond acceptors (Lipinski definition) is 2. The number of amides is 2. The Hall–Kier alpha value is -1.58. The molecule has 0 spiro atoms. The summed E-state index contributed by atoms with van der Waals surface area (Å²) in [4.78, 5) is 23.6. The molecule has 0 rings (SSSR count). The van der Waals surface area contributed by atoms with Gasteiger partial charge in [0, 0.05) is 25.9 Å². The van der Waals surface area contributed by atoms with Gasteiger partial charge in [-0.1, -0.05) is 70.9 Å². The molecule has 0 saturated carbocycles. The number of hydrogen-bond donors (Lipinski definition) is 2. The van der Waals surface area contributed by atoms with Crippen molar-refractivity contribution in [2.45, 2.75) is 117 Å². The number of nitrogens with one attached hydrogen (secondary N) is 2. The molecule has 0 aliphatic heterocycles. The zero-order valence-electron chi connectivity index (χ0n) is 18.8. The van der Waals surface area contributed by atoms with Crippen molar-refractivity contribution in [1.82, 2.24) is 10.6 Å². The molecule has 0 unspecified atom stereocenters. The van der Waals surface area contributed by atoms with Crippen LogP contribution in [-0.2, 0) is 9.59 Å². The van der Waals surface area contributed by atoms with Gasteiger partial charge in [0.15, 0.2) is 0 Å². The maximum atomic E-state index is 11.8. The molecule has 0 heterocycles. The van der Waals surface area contributed by atoms with Gasteiger partial charge in [0.25, 0.3) is 0 Å². The second kappa shape index (κ2) is 25.5. The van der Waals surface area contributed by atoms with E-state index >= 15 is 0 Å². The van der Waals surface area contributed by atoms with Crippen molar-refractivity contribution in [1.29, 1.82) is 0 Å². The van der Waals surface area contributed by atoms with Crippen molar-refractivity contribution >= 4 is 11.8 Å². The van der Waals surface area contributed by atoms with Crippen LogP contribution >= 0.6 is 0 Å².